The van der Waals surface area contributed by atoms with E-state index in [2.05, 4.69) is 31.3 Å². The van der Waals surface area contributed by atoms with Crippen LogP contribution in [0.1, 0.15) is 68.8 Å². The fourth-order valence-electron chi connectivity index (χ4n) is 5.16. The first-order chi connectivity index (χ1) is 19.6. The predicted molar refractivity (Wildman–Crippen MR) is 168 cm³/mol. The zero-order chi connectivity index (χ0) is 29.1. The molecule has 208 valence electrons. The van der Waals surface area contributed by atoms with E-state index in [1.807, 2.05) is 118 Å². The lowest BCUT2D eigenvalue weighted by Gasteiger charge is -2.27. The van der Waals surface area contributed by atoms with Crippen molar-refractivity contribution < 1.29 is 9.90 Å². The van der Waals surface area contributed by atoms with Crippen LogP contribution in [-0.2, 0) is 4.79 Å². The third-order valence-corrected chi connectivity index (χ3v) is 7.09. The Hall–Kier alpha value is -4.64. The molecule has 0 aliphatic rings. The maximum absolute atomic E-state index is 13.9. The maximum Gasteiger partial charge on any atom is 0.248 e. The van der Waals surface area contributed by atoms with Crippen molar-refractivity contribution in [2.45, 2.75) is 52.1 Å². The van der Waals surface area contributed by atoms with E-state index in [0.29, 0.717) is 17.2 Å². The number of carbonyl (C=O) groups excluding carboxylic acids is 1. The Morgan fingerprint density at radius 2 is 1.37 bits per heavy atom. The summed E-state index contributed by atoms with van der Waals surface area (Å²) >= 11 is 0. The lowest BCUT2D eigenvalue weighted by Crippen LogP contribution is -2.44. The summed E-state index contributed by atoms with van der Waals surface area (Å²) in [5, 5.41) is 16.1. The summed E-state index contributed by atoms with van der Waals surface area (Å²) in [4.78, 5) is 19.0. The number of benzene rings is 4. The Kier molecular flexibility index (Phi) is 7.80. The van der Waals surface area contributed by atoms with Crippen molar-refractivity contribution in [3.8, 4) is 5.88 Å². The molecule has 5 nitrogen and oxygen atoms in total. The first-order valence-corrected chi connectivity index (χ1v) is 14.1. The quantitative estimate of drug-likeness (QED) is 0.203. The van der Waals surface area contributed by atoms with Gasteiger partial charge in [-0.3, -0.25) is 9.36 Å². The number of aromatic hydroxyl groups is 1. The molecule has 0 saturated carbocycles. The van der Waals surface area contributed by atoms with Gasteiger partial charge in [0.2, 0.25) is 11.8 Å². The molecule has 1 aromatic heterocycles. The summed E-state index contributed by atoms with van der Waals surface area (Å²) in [6, 6.07) is 34.7. The molecule has 0 bridgehead atoms. The van der Waals surface area contributed by atoms with E-state index in [1.165, 1.54) is 5.56 Å². The zero-order valence-electron chi connectivity index (χ0n) is 24.3. The van der Waals surface area contributed by atoms with E-state index < -0.39 is 11.6 Å². The lowest BCUT2D eigenvalue weighted by molar-refractivity contribution is -0.124. The summed E-state index contributed by atoms with van der Waals surface area (Å²) in [5.41, 5.74) is 5.19. The highest BCUT2D eigenvalue weighted by molar-refractivity contribution is 6.22. The normalized spacial score (nSPS) is 13.0. The summed E-state index contributed by atoms with van der Waals surface area (Å²) in [5.74, 6) is 0.206. The summed E-state index contributed by atoms with van der Waals surface area (Å²) in [6.45, 7) is 10.2. The van der Waals surface area contributed by atoms with Crippen LogP contribution in [0.4, 0.5) is 5.69 Å². The van der Waals surface area contributed by atoms with Crippen LogP contribution in [0.25, 0.3) is 10.9 Å². The molecule has 0 fully saturated rings. The maximum atomic E-state index is 13.9. The highest BCUT2D eigenvalue weighted by Gasteiger charge is 2.32. The SMILES string of the molecule is CC(C)c1ccc(N=C(c2ccccc2)c2c(O)n(C(C(=O)NC(C)(C)C)c3ccccc3)c3ccccc23)cc1. The standard InChI is InChI=1S/C36H37N3O2/c1-24(2)25-20-22-28(23-21-25)37-32(26-14-8-6-9-15-26)31-29-18-12-13-19-30(29)39(35(31)41)33(27-16-10-7-11-17-27)34(40)38-36(3,4)5/h6-24,33,41H,1-5H3,(H,38,40). The van der Waals surface area contributed by atoms with E-state index in [4.69, 9.17) is 4.99 Å². The molecule has 1 atom stereocenters. The van der Waals surface area contributed by atoms with Gasteiger partial charge in [0.25, 0.3) is 0 Å². The molecular formula is C36H37N3O2. The first-order valence-electron chi connectivity index (χ1n) is 14.1. The number of carbonyl (C=O) groups is 1. The first kappa shape index (κ1) is 27.9. The van der Waals surface area contributed by atoms with Gasteiger partial charge in [-0.05, 0) is 56.0 Å². The predicted octanol–water partition coefficient (Wildman–Crippen LogP) is 8.14. The van der Waals surface area contributed by atoms with Gasteiger partial charge in [-0.2, -0.15) is 0 Å². The van der Waals surface area contributed by atoms with Crippen LogP contribution in [-0.4, -0.2) is 26.8 Å². The van der Waals surface area contributed by atoms with Gasteiger partial charge >= 0.3 is 0 Å². The van der Waals surface area contributed by atoms with Gasteiger partial charge in [0.15, 0.2) is 0 Å². The molecule has 2 N–H and O–H groups in total. The number of fused-ring (bicyclic) bond motifs is 1. The number of aromatic nitrogens is 1. The molecule has 5 heteroatoms. The van der Waals surface area contributed by atoms with Gasteiger partial charge in [0.05, 0.1) is 22.5 Å². The van der Waals surface area contributed by atoms with Gasteiger partial charge < -0.3 is 10.4 Å². The highest BCUT2D eigenvalue weighted by Crippen LogP contribution is 2.39. The highest BCUT2D eigenvalue weighted by atomic mass is 16.3. The molecule has 0 saturated heterocycles. The second kappa shape index (κ2) is 11.5. The Morgan fingerprint density at radius 1 is 0.780 bits per heavy atom. The number of rotatable bonds is 7. The smallest absolute Gasteiger partial charge is 0.248 e. The van der Waals surface area contributed by atoms with Crippen LogP contribution in [0, 0.1) is 0 Å². The van der Waals surface area contributed by atoms with E-state index in [0.717, 1.165) is 27.7 Å². The number of para-hydroxylation sites is 1. The van der Waals surface area contributed by atoms with Gasteiger partial charge in [0, 0.05) is 16.5 Å². The van der Waals surface area contributed by atoms with E-state index >= 15 is 0 Å². The van der Waals surface area contributed by atoms with Crippen molar-refractivity contribution in [2.24, 2.45) is 4.99 Å². The largest absolute Gasteiger partial charge is 0.494 e. The summed E-state index contributed by atoms with van der Waals surface area (Å²) < 4.78 is 1.74. The Morgan fingerprint density at radius 3 is 1.98 bits per heavy atom. The van der Waals surface area contributed by atoms with Gasteiger partial charge in [0.1, 0.15) is 6.04 Å². The van der Waals surface area contributed by atoms with Crippen LogP contribution in [0.15, 0.2) is 114 Å². The number of hydrogen-bond acceptors (Lipinski definition) is 3. The molecular weight excluding hydrogens is 506 g/mol. The second-order valence-electron chi connectivity index (χ2n) is 11.7. The van der Waals surface area contributed by atoms with Gasteiger partial charge in [-0.25, -0.2) is 4.99 Å². The Labute approximate surface area is 242 Å². The third-order valence-electron chi connectivity index (χ3n) is 7.09. The summed E-state index contributed by atoms with van der Waals surface area (Å²) in [7, 11) is 0. The molecule has 5 aromatic rings. The molecule has 41 heavy (non-hydrogen) atoms. The van der Waals surface area contributed by atoms with Crippen molar-refractivity contribution in [3.05, 3.63) is 131 Å². The summed E-state index contributed by atoms with van der Waals surface area (Å²) in [6.07, 6.45) is 0. The number of nitrogens with zero attached hydrogens (tertiary/aromatic N) is 2. The minimum absolute atomic E-state index is 0.00878. The fraction of sp³-hybridized carbons (Fsp3) is 0.222. The van der Waals surface area contributed by atoms with Crippen LogP contribution in [0.2, 0.25) is 0 Å². The van der Waals surface area contributed by atoms with Crippen molar-refractivity contribution in [1.82, 2.24) is 9.88 Å². The van der Waals surface area contributed by atoms with E-state index in [9.17, 15) is 9.90 Å². The number of hydrogen-bond donors (Lipinski definition) is 2. The molecule has 0 radical (unpaired) electrons. The molecule has 0 aliphatic carbocycles. The van der Waals surface area contributed by atoms with Crippen LogP contribution < -0.4 is 5.32 Å². The number of aliphatic imine (C=N–C) groups is 1. The van der Waals surface area contributed by atoms with Gasteiger partial charge in [-0.15, -0.1) is 0 Å². The number of nitrogens with one attached hydrogen (secondary N) is 1. The average Bonchev–Trinajstić information content (AvgIpc) is 3.23. The lowest BCUT2D eigenvalue weighted by atomic mass is 10.0. The fourth-order valence-corrected chi connectivity index (χ4v) is 5.16. The topological polar surface area (TPSA) is 66.6 Å². The van der Waals surface area contributed by atoms with Crippen molar-refractivity contribution in [1.29, 1.82) is 0 Å². The number of amides is 1. The van der Waals surface area contributed by atoms with Crippen LogP contribution in [0.3, 0.4) is 0 Å². The molecule has 4 aromatic carbocycles. The Bertz CT molecular complexity index is 1680. The molecule has 1 unspecified atom stereocenters. The zero-order valence-corrected chi connectivity index (χ0v) is 24.3. The monoisotopic (exact) mass is 543 g/mol. The van der Waals surface area contributed by atoms with Crippen LogP contribution in [0.5, 0.6) is 5.88 Å². The minimum Gasteiger partial charge on any atom is -0.494 e. The average molecular weight is 544 g/mol. The third kappa shape index (κ3) is 5.94. The van der Waals surface area contributed by atoms with E-state index in [-0.39, 0.29) is 11.8 Å². The molecule has 5 rings (SSSR count). The van der Waals surface area contributed by atoms with Crippen LogP contribution >= 0.6 is 0 Å². The second-order valence-corrected chi connectivity index (χ2v) is 11.7. The van der Waals surface area contributed by atoms with Crippen molar-refractivity contribution in [3.63, 3.8) is 0 Å². The van der Waals surface area contributed by atoms with Gasteiger partial charge in [-0.1, -0.05) is 105 Å². The molecule has 0 aliphatic heterocycles. The van der Waals surface area contributed by atoms with E-state index in [1.54, 1.807) is 4.57 Å². The molecule has 1 heterocycles. The van der Waals surface area contributed by atoms with Crippen molar-refractivity contribution in [2.75, 3.05) is 0 Å². The molecule has 0 spiro atoms. The Balaban J connectivity index is 1.78. The molecule has 1 amide bonds. The minimum atomic E-state index is -0.795. The van der Waals surface area contributed by atoms with Crippen molar-refractivity contribution >= 4 is 28.2 Å².